The fourth-order valence-corrected chi connectivity index (χ4v) is 1.95. The zero-order chi connectivity index (χ0) is 20.2. The van der Waals surface area contributed by atoms with Crippen molar-refractivity contribution >= 4 is 16.9 Å². The minimum absolute atomic E-state index is 0.0507. The highest BCUT2D eigenvalue weighted by molar-refractivity contribution is 6.12. The number of nitrogens with one attached hydrogen (secondary N) is 1. The van der Waals surface area contributed by atoms with Crippen LogP contribution >= 0.6 is 0 Å². The molecular weight excluding hydrogens is 348 g/mol. The molecule has 138 valence electrons. The summed E-state index contributed by atoms with van der Waals surface area (Å²) in [5.74, 6) is 0.985. The number of ether oxygens (including phenoxy) is 1. The van der Waals surface area contributed by atoms with Crippen molar-refractivity contribution in [2.24, 2.45) is 0 Å². The standard InChI is InChI=1S/C18H12N2O4.C2H6O/c1-2-5-14(21)7-4-3-6-13(11-19)17(22)12-8-9-16-15(10-12)20-18(23)24-16;1-3-2/h1,4-10,21H,3H2,(H,20,23);1-2H3/b7-4-,13-6+,14-5+;. The van der Waals surface area contributed by atoms with Gasteiger partial charge in [0.25, 0.3) is 0 Å². The highest BCUT2D eigenvalue weighted by Gasteiger charge is 2.13. The Morgan fingerprint density at radius 2 is 2.15 bits per heavy atom. The van der Waals surface area contributed by atoms with E-state index in [1.807, 2.05) is 6.07 Å². The molecule has 1 aromatic heterocycles. The van der Waals surface area contributed by atoms with Crippen LogP contribution in [0.2, 0.25) is 0 Å². The number of fused-ring (bicyclic) bond motifs is 1. The monoisotopic (exact) mass is 366 g/mol. The first kappa shape index (κ1) is 21.2. The third-order valence-corrected chi connectivity index (χ3v) is 3.02. The predicted octanol–water partition coefficient (Wildman–Crippen LogP) is 3.04. The van der Waals surface area contributed by atoms with Crippen molar-refractivity contribution in [1.82, 2.24) is 4.98 Å². The zero-order valence-corrected chi connectivity index (χ0v) is 14.9. The van der Waals surface area contributed by atoms with E-state index in [-0.39, 0.29) is 23.3 Å². The van der Waals surface area contributed by atoms with Gasteiger partial charge in [-0.2, -0.15) is 5.26 Å². The lowest BCUT2D eigenvalue weighted by Crippen LogP contribution is -2.02. The molecule has 0 fully saturated rings. The van der Waals surface area contributed by atoms with Gasteiger partial charge in [0.15, 0.2) is 5.58 Å². The molecule has 2 N–H and O–H groups in total. The van der Waals surface area contributed by atoms with Gasteiger partial charge in [-0.25, -0.2) is 4.79 Å². The van der Waals surface area contributed by atoms with Gasteiger partial charge in [-0.3, -0.25) is 9.78 Å². The second kappa shape index (κ2) is 10.9. The smallest absolute Gasteiger partial charge is 0.417 e. The number of aromatic nitrogens is 1. The SMILES string of the molecule is C#C/C=C(O)\C=C/C/C=C(\C#N)C(=O)c1ccc2oc(=O)[nH]c2c1.COC. The summed E-state index contributed by atoms with van der Waals surface area (Å²) in [7, 11) is 3.25. The molecule has 0 unspecified atom stereocenters. The Bertz CT molecular complexity index is 1020. The summed E-state index contributed by atoms with van der Waals surface area (Å²) in [4.78, 5) is 25.9. The molecule has 0 atom stereocenters. The molecule has 0 aliphatic rings. The summed E-state index contributed by atoms with van der Waals surface area (Å²) in [5.41, 5.74) is 0.918. The van der Waals surface area contributed by atoms with Crippen LogP contribution in [0, 0.1) is 23.7 Å². The topological polar surface area (TPSA) is 116 Å². The van der Waals surface area contributed by atoms with Crippen LogP contribution in [0.5, 0.6) is 0 Å². The highest BCUT2D eigenvalue weighted by atomic mass is 16.4. The first-order chi connectivity index (χ1) is 13.0. The van der Waals surface area contributed by atoms with Crippen LogP contribution in [0.3, 0.4) is 0 Å². The maximum absolute atomic E-state index is 12.3. The number of aromatic amines is 1. The third kappa shape index (κ3) is 6.54. The normalized spacial score (nSPS) is 11.6. The minimum atomic E-state index is -0.615. The molecular formula is C20H18N2O5. The Hall–Kier alpha value is -3.81. The number of rotatable bonds is 5. The van der Waals surface area contributed by atoms with Gasteiger partial charge in [-0.05, 0) is 30.7 Å². The number of benzene rings is 1. The molecule has 7 nitrogen and oxygen atoms in total. The highest BCUT2D eigenvalue weighted by Crippen LogP contribution is 2.15. The van der Waals surface area contributed by atoms with Gasteiger partial charge < -0.3 is 14.3 Å². The maximum atomic E-state index is 12.3. The second-order valence-corrected chi connectivity index (χ2v) is 5.07. The van der Waals surface area contributed by atoms with Gasteiger partial charge in [0.2, 0.25) is 5.78 Å². The number of hydrogen-bond acceptors (Lipinski definition) is 6. The molecule has 0 aliphatic carbocycles. The summed E-state index contributed by atoms with van der Waals surface area (Å²) < 4.78 is 9.11. The Labute approximate surface area is 155 Å². The molecule has 7 heteroatoms. The summed E-state index contributed by atoms with van der Waals surface area (Å²) in [6.07, 6.45) is 10.8. The number of nitriles is 1. The molecule has 27 heavy (non-hydrogen) atoms. The Morgan fingerprint density at radius 3 is 2.78 bits per heavy atom. The van der Waals surface area contributed by atoms with Crippen molar-refractivity contribution in [3.8, 4) is 18.4 Å². The van der Waals surface area contributed by atoms with E-state index in [1.54, 1.807) is 20.3 Å². The van der Waals surface area contributed by atoms with Crippen molar-refractivity contribution in [3.63, 3.8) is 0 Å². The average Bonchev–Trinajstić information content (AvgIpc) is 3.01. The number of aliphatic hydroxyl groups is 1. The number of carbonyl (C=O) groups is 1. The van der Waals surface area contributed by atoms with Crippen LogP contribution in [0.4, 0.5) is 0 Å². The molecule has 0 saturated heterocycles. The fraction of sp³-hybridized carbons (Fsp3) is 0.150. The number of ketones is 1. The third-order valence-electron chi connectivity index (χ3n) is 3.02. The van der Waals surface area contributed by atoms with E-state index in [2.05, 4.69) is 15.6 Å². The zero-order valence-electron chi connectivity index (χ0n) is 14.9. The fourth-order valence-electron chi connectivity index (χ4n) is 1.95. The van der Waals surface area contributed by atoms with Gasteiger partial charge in [-0.1, -0.05) is 18.1 Å². The molecule has 0 amide bonds. The van der Waals surface area contributed by atoms with Crippen LogP contribution in [-0.4, -0.2) is 30.1 Å². The first-order valence-corrected chi connectivity index (χ1v) is 7.66. The van der Waals surface area contributed by atoms with Crippen LogP contribution in [0.25, 0.3) is 11.1 Å². The summed E-state index contributed by atoms with van der Waals surface area (Å²) in [6.45, 7) is 0. The van der Waals surface area contributed by atoms with Crippen molar-refractivity contribution < 1.29 is 19.1 Å². The largest absolute Gasteiger partial charge is 0.507 e. The van der Waals surface area contributed by atoms with E-state index >= 15 is 0 Å². The molecule has 0 bridgehead atoms. The van der Waals surface area contributed by atoms with E-state index in [9.17, 15) is 14.7 Å². The maximum Gasteiger partial charge on any atom is 0.417 e. The minimum Gasteiger partial charge on any atom is -0.507 e. The predicted molar refractivity (Wildman–Crippen MR) is 101 cm³/mol. The number of allylic oxidation sites excluding steroid dienone is 5. The van der Waals surface area contributed by atoms with Crippen LogP contribution < -0.4 is 5.76 Å². The Morgan fingerprint density at radius 1 is 1.44 bits per heavy atom. The van der Waals surface area contributed by atoms with E-state index < -0.39 is 11.5 Å². The van der Waals surface area contributed by atoms with Gasteiger partial charge in [0.05, 0.1) is 11.1 Å². The number of methoxy groups -OCH3 is 1. The quantitative estimate of drug-likeness (QED) is 0.210. The number of hydrogen-bond donors (Lipinski definition) is 2. The number of nitrogens with zero attached hydrogens (tertiary/aromatic N) is 1. The summed E-state index contributed by atoms with van der Waals surface area (Å²) in [6, 6.07) is 6.25. The van der Waals surface area contributed by atoms with Crippen molar-refractivity contribution in [2.75, 3.05) is 14.2 Å². The van der Waals surface area contributed by atoms with Crippen LogP contribution in [-0.2, 0) is 4.74 Å². The van der Waals surface area contributed by atoms with E-state index in [4.69, 9.17) is 16.1 Å². The number of carbonyl (C=O) groups excluding carboxylic acids is 1. The molecule has 0 aliphatic heterocycles. The first-order valence-electron chi connectivity index (χ1n) is 7.66. The molecule has 1 aromatic carbocycles. The van der Waals surface area contributed by atoms with Gasteiger partial charge in [-0.15, -0.1) is 6.42 Å². The van der Waals surface area contributed by atoms with E-state index in [1.165, 1.54) is 36.4 Å². The van der Waals surface area contributed by atoms with Gasteiger partial charge in [0.1, 0.15) is 11.8 Å². The summed E-state index contributed by atoms with van der Waals surface area (Å²) in [5, 5.41) is 18.4. The van der Waals surface area contributed by atoms with E-state index in [0.29, 0.717) is 11.1 Å². The number of terminal acetylenes is 1. The van der Waals surface area contributed by atoms with Crippen molar-refractivity contribution in [3.05, 3.63) is 69.9 Å². The molecule has 1 heterocycles. The molecule has 0 spiro atoms. The number of Topliss-reactive ketones (excluding diaryl/α,β-unsaturated/α-hetero) is 1. The molecule has 0 saturated carbocycles. The lowest BCUT2D eigenvalue weighted by molar-refractivity contribution is 0.103. The Balaban J connectivity index is 0.00000114. The lowest BCUT2D eigenvalue weighted by Gasteiger charge is -1.99. The number of aliphatic hydroxyl groups excluding tert-OH is 1. The average molecular weight is 366 g/mol. The second-order valence-electron chi connectivity index (χ2n) is 5.07. The lowest BCUT2D eigenvalue weighted by atomic mass is 10.0. The van der Waals surface area contributed by atoms with Crippen molar-refractivity contribution in [1.29, 1.82) is 5.26 Å². The molecule has 2 aromatic rings. The van der Waals surface area contributed by atoms with Gasteiger partial charge >= 0.3 is 5.76 Å². The van der Waals surface area contributed by atoms with E-state index in [0.717, 1.165) is 0 Å². The number of oxazole rings is 1. The molecule has 2 rings (SSSR count). The summed E-state index contributed by atoms with van der Waals surface area (Å²) >= 11 is 0. The van der Waals surface area contributed by atoms with Gasteiger partial charge in [0, 0.05) is 25.9 Å². The van der Waals surface area contributed by atoms with Crippen LogP contribution in [0.1, 0.15) is 16.8 Å². The van der Waals surface area contributed by atoms with Crippen LogP contribution in [0.15, 0.2) is 63.0 Å². The Kier molecular flexibility index (Phi) is 8.60. The van der Waals surface area contributed by atoms with Crippen molar-refractivity contribution in [2.45, 2.75) is 6.42 Å². The number of H-pyrrole nitrogens is 1. The molecule has 0 radical (unpaired) electrons.